The molecule has 1 heterocycles. The lowest BCUT2D eigenvalue weighted by Gasteiger charge is -2.47. The summed E-state index contributed by atoms with van der Waals surface area (Å²) in [5.74, 6) is 3.19. The van der Waals surface area contributed by atoms with Gasteiger partial charge in [0.25, 0.3) is 0 Å². The molecule has 0 aromatic heterocycles. The molecule has 8 rings (SSSR count). The molecule has 0 bridgehead atoms. The molecule has 5 aromatic rings. The van der Waals surface area contributed by atoms with Crippen molar-refractivity contribution in [3.63, 3.8) is 0 Å². The van der Waals surface area contributed by atoms with Gasteiger partial charge in [-0.25, -0.2) is 0 Å². The third-order valence-electron chi connectivity index (χ3n) is 11.7. The van der Waals surface area contributed by atoms with Crippen LogP contribution in [0, 0.1) is 11.8 Å². The number of benzene rings is 5. The van der Waals surface area contributed by atoms with Crippen LogP contribution >= 0.6 is 7.92 Å². The van der Waals surface area contributed by atoms with Gasteiger partial charge in [-0.05, 0) is 112 Å². The monoisotopic (exact) mass is 642 g/mol. The van der Waals surface area contributed by atoms with E-state index in [4.69, 9.17) is 9.47 Å². The number of hydrogen-bond acceptors (Lipinski definition) is 3. The molecular weight excluding hydrogens is 595 g/mol. The molecule has 4 heteroatoms. The minimum Gasteiger partial charge on any atom is -0.496 e. The maximum absolute atomic E-state index is 11.6. The second kappa shape index (κ2) is 13.3. The van der Waals surface area contributed by atoms with Gasteiger partial charge in [-0.3, -0.25) is 0 Å². The predicted octanol–water partition coefficient (Wildman–Crippen LogP) is 10.7. The van der Waals surface area contributed by atoms with Crippen LogP contribution in [-0.4, -0.2) is 36.7 Å². The highest BCUT2D eigenvalue weighted by Gasteiger charge is 2.47. The average Bonchev–Trinajstić information content (AvgIpc) is 3.86. The molecule has 3 fully saturated rings. The van der Waals surface area contributed by atoms with Crippen molar-refractivity contribution in [2.75, 3.05) is 14.2 Å². The van der Waals surface area contributed by atoms with Gasteiger partial charge in [0, 0.05) is 11.1 Å². The van der Waals surface area contributed by atoms with E-state index < -0.39 is 7.92 Å². The second-order valence-corrected chi connectivity index (χ2v) is 16.8. The van der Waals surface area contributed by atoms with E-state index in [1.54, 1.807) is 0 Å². The van der Waals surface area contributed by atoms with Crippen molar-refractivity contribution in [1.82, 2.24) is 0 Å². The molecular formula is C43H47O3P. The van der Waals surface area contributed by atoms with Gasteiger partial charge in [-0.2, -0.15) is 0 Å². The second-order valence-electron chi connectivity index (χ2n) is 14.2. The molecule has 47 heavy (non-hydrogen) atoms. The van der Waals surface area contributed by atoms with E-state index in [-0.39, 0.29) is 6.10 Å². The fourth-order valence-electron chi connectivity index (χ4n) is 9.61. The smallest absolute Gasteiger partial charge is 0.127 e. The number of fused-ring (bicyclic) bond motifs is 2. The lowest BCUT2D eigenvalue weighted by molar-refractivity contribution is 0.131. The van der Waals surface area contributed by atoms with Crippen LogP contribution in [0.2, 0.25) is 0 Å². The Morgan fingerprint density at radius 1 is 0.553 bits per heavy atom. The van der Waals surface area contributed by atoms with Gasteiger partial charge in [-0.1, -0.05) is 112 Å². The first-order valence-corrected chi connectivity index (χ1v) is 19.4. The summed E-state index contributed by atoms with van der Waals surface area (Å²) in [5.41, 5.74) is 6.02. The average molecular weight is 643 g/mol. The summed E-state index contributed by atoms with van der Waals surface area (Å²) in [6, 6.07) is 33.3. The molecule has 2 unspecified atom stereocenters. The number of rotatable bonds is 7. The Labute approximate surface area is 281 Å². The highest BCUT2D eigenvalue weighted by atomic mass is 31.1. The molecule has 242 valence electrons. The molecule has 2 saturated carbocycles. The zero-order valence-electron chi connectivity index (χ0n) is 27.8. The first kappa shape index (κ1) is 30.9. The SMILES string of the molecule is COc1ccc2ccccc2c1-c1cccc(-c2c(OC)ccc3ccccc23)c1P1C(C2CCCC2)CC(O)CC1C1CCCC1. The summed E-state index contributed by atoms with van der Waals surface area (Å²) < 4.78 is 12.4. The zero-order valence-corrected chi connectivity index (χ0v) is 28.7. The van der Waals surface area contributed by atoms with E-state index in [1.165, 1.54) is 100 Å². The number of ether oxygens (including phenoxy) is 2. The number of methoxy groups -OCH3 is 2. The number of hydrogen-bond donors (Lipinski definition) is 1. The van der Waals surface area contributed by atoms with E-state index in [1.807, 2.05) is 14.2 Å². The Kier molecular flexibility index (Phi) is 8.72. The van der Waals surface area contributed by atoms with Gasteiger partial charge < -0.3 is 14.6 Å². The molecule has 3 aliphatic rings. The lowest BCUT2D eigenvalue weighted by Crippen LogP contribution is -2.41. The van der Waals surface area contributed by atoms with Gasteiger partial charge >= 0.3 is 0 Å². The standard InChI is InChI=1S/C43H47O3P/c1-45-37-24-22-28-12-7-9-18-33(28)41(37)35-20-11-21-36(42-34-19-10-8-13-29(34)23-25-38(42)46-2)43(35)47-39(30-14-3-4-15-30)26-32(44)27-40(47)31-16-5-6-17-31/h7-13,18-25,30-32,39-40,44H,3-6,14-17,26-27H2,1-2H3. The van der Waals surface area contributed by atoms with Crippen molar-refractivity contribution in [3.8, 4) is 33.8 Å². The van der Waals surface area contributed by atoms with E-state index in [9.17, 15) is 5.11 Å². The molecule has 0 amide bonds. The van der Waals surface area contributed by atoms with E-state index in [0.717, 1.165) is 24.3 Å². The topological polar surface area (TPSA) is 38.7 Å². The van der Waals surface area contributed by atoms with Crippen molar-refractivity contribution in [2.45, 2.75) is 81.6 Å². The summed E-state index contributed by atoms with van der Waals surface area (Å²) in [4.78, 5) is 0. The number of aliphatic hydroxyl groups excluding tert-OH is 1. The first-order valence-electron chi connectivity index (χ1n) is 17.9. The fraction of sp³-hybridized carbons (Fsp3) is 0.395. The molecule has 0 radical (unpaired) electrons. The zero-order chi connectivity index (χ0) is 31.9. The van der Waals surface area contributed by atoms with Gasteiger partial charge in [0.05, 0.1) is 20.3 Å². The van der Waals surface area contributed by atoms with Crippen molar-refractivity contribution < 1.29 is 14.6 Å². The summed E-state index contributed by atoms with van der Waals surface area (Å²) in [6.07, 6.45) is 12.1. The first-order chi connectivity index (χ1) is 23.2. The van der Waals surface area contributed by atoms with Crippen LogP contribution in [0.4, 0.5) is 0 Å². The minimum absolute atomic E-state index is 0.209. The summed E-state index contributed by atoms with van der Waals surface area (Å²) in [7, 11) is 2.98. The van der Waals surface area contributed by atoms with Gasteiger partial charge in [-0.15, -0.1) is 0 Å². The molecule has 3 nitrogen and oxygen atoms in total. The van der Waals surface area contributed by atoms with Crippen LogP contribution in [0.3, 0.4) is 0 Å². The van der Waals surface area contributed by atoms with Crippen LogP contribution in [0.15, 0.2) is 91.0 Å². The third kappa shape index (κ3) is 5.54. The fourth-order valence-corrected chi connectivity index (χ4v) is 14.1. The van der Waals surface area contributed by atoms with Crippen molar-refractivity contribution in [3.05, 3.63) is 91.0 Å². The Morgan fingerprint density at radius 2 is 1.00 bits per heavy atom. The van der Waals surface area contributed by atoms with Crippen LogP contribution in [0.5, 0.6) is 11.5 Å². The lowest BCUT2D eigenvalue weighted by atomic mass is 9.91. The van der Waals surface area contributed by atoms with E-state index in [0.29, 0.717) is 23.2 Å². The molecule has 0 spiro atoms. The summed E-state index contributed by atoms with van der Waals surface area (Å²) in [5, 5.41) is 18.1. The number of aliphatic hydroxyl groups is 1. The summed E-state index contributed by atoms with van der Waals surface area (Å²) in [6.45, 7) is 0. The van der Waals surface area contributed by atoms with E-state index >= 15 is 0 Å². The molecule has 2 atom stereocenters. The van der Waals surface area contributed by atoms with Crippen LogP contribution < -0.4 is 14.8 Å². The molecule has 1 N–H and O–H groups in total. The van der Waals surface area contributed by atoms with E-state index in [2.05, 4.69) is 91.0 Å². The van der Waals surface area contributed by atoms with Gasteiger partial charge in [0.15, 0.2) is 0 Å². The van der Waals surface area contributed by atoms with Crippen LogP contribution in [0.25, 0.3) is 43.8 Å². The molecule has 1 aliphatic heterocycles. The normalized spacial score (nSPS) is 23.9. The quantitative estimate of drug-likeness (QED) is 0.180. The van der Waals surface area contributed by atoms with Gasteiger partial charge in [0.2, 0.25) is 0 Å². The summed E-state index contributed by atoms with van der Waals surface area (Å²) >= 11 is 0. The Bertz CT molecular complexity index is 1750. The maximum atomic E-state index is 11.6. The van der Waals surface area contributed by atoms with Crippen LogP contribution in [0.1, 0.15) is 64.2 Å². The Balaban J connectivity index is 1.49. The Hall–Kier alpha value is -3.39. The highest BCUT2D eigenvalue weighted by molar-refractivity contribution is 7.67. The maximum Gasteiger partial charge on any atom is 0.127 e. The highest BCUT2D eigenvalue weighted by Crippen LogP contribution is 2.64. The molecule has 2 aliphatic carbocycles. The van der Waals surface area contributed by atoms with Crippen molar-refractivity contribution >= 4 is 34.8 Å². The van der Waals surface area contributed by atoms with Crippen LogP contribution in [-0.2, 0) is 0 Å². The molecule has 1 saturated heterocycles. The molecule has 5 aromatic carbocycles. The van der Waals surface area contributed by atoms with Crippen molar-refractivity contribution in [2.24, 2.45) is 11.8 Å². The van der Waals surface area contributed by atoms with Gasteiger partial charge in [0.1, 0.15) is 11.5 Å². The largest absolute Gasteiger partial charge is 0.496 e. The van der Waals surface area contributed by atoms with Crippen molar-refractivity contribution in [1.29, 1.82) is 0 Å². The minimum atomic E-state index is -0.648. The third-order valence-corrected chi connectivity index (χ3v) is 15.4. The Morgan fingerprint density at radius 3 is 1.45 bits per heavy atom. The predicted molar refractivity (Wildman–Crippen MR) is 199 cm³/mol.